The van der Waals surface area contributed by atoms with Crippen LogP contribution < -0.4 is 11.1 Å². The van der Waals surface area contributed by atoms with Crippen LogP contribution in [0.4, 0.5) is 17.1 Å². The van der Waals surface area contributed by atoms with Crippen molar-refractivity contribution in [2.45, 2.75) is 13.8 Å². The standard InChI is InChI=1S/C15H15N3O3/c1-9-7-13(14(18(20)21)8-10(9)2)17-15(19)11-5-3-4-6-12(11)16/h3-8H,16H2,1-2H3,(H,17,19). The summed E-state index contributed by atoms with van der Waals surface area (Å²) in [6, 6.07) is 9.59. The Balaban J connectivity index is 2.40. The number of aryl methyl sites for hydroxylation is 2. The number of nitrogen functional groups attached to an aromatic ring is 1. The average molecular weight is 285 g/mol. The number of carbonyl (C=O) groups is 1. The van der Waals surface area contributed by atoms with E-state index in [4.69, 9.17) is 5.73 Å². The van der Waals surface area contributed by atoms with Gasteiger partial charge in [0.1, 0.15) is 5.69 Å². The van der Waals surface area contributed by atoms with Crippen molar-refractivity contribution in [3.63, 3.8) is 0 Å². The van der Waals surface area contributed by atoms with Gasteiger partial charge in [-0.05, 0) is 43.2 Å². The smallest absolute Gasteiger partial charge is 0.293 e. The lowest BCUT2D eigenvalue weighted by Crippen LogP contribution is -2.15. The summed E-state index contributed by atoms with van der Waals surface area (Å²) in [6.45, 7) is 3.61. The van der Waals surface area contributed by atoms with E-state index >= 15 is 0 Å². The molecular formula is C15H15N3O3. The summed E-state index contributed by atoms with van der Waals surface area (Å²) in [6.07, 6.45) is 0. The number of nitrogens with two attached hydrogens (primary N) is 1. The topological polar surface area (TPSA) is 98.3 Å². The summed E-state index contributed by atoms with van der Waals surface area (Å²) in [4.78, 5) is 22.8. The van der Waals surface area contributed by atoms with Crippen molar-refractivity contribution >= 4 is 23.0 Å². The van der Waals surface area contributed by atoms with E-state index in [0.717, 1.165) is 11.1 Å². The molecule has 0 aliphatic heterocycles. The van der Waals surface area contributed by atoms with Gasteiger partial charge in [-0.15, -0.1) is 0 Å². The number of hydrogen-bond acceptors (Lipinski definition) is 4. The highest BCUT2D eigenvalue weighted by Gasteiger charge is 2.19. The first-order valence-corrected chi connectivity index (χ1v) is 6.31. The predicted molar refractivity (Wildman–Crippen MR) is 81.4 cm³/mol. The Bertz CT molecular complexity index is 726. The predicted octanol–water partition coefficient (Wildman–Crippen LogP) is 3.05. The van der Waals surface area contributed by atoms with Gasteiger partial charge < -0.3 is 11.1 Å². The lowest BCUT2D eigenvalue weighted by Gasteiger charge is -2.10. The Morgan fingerprint density at radius 3 is 2.43 bits per heavy atom. The fraction of sp³-hybridized carbons (Fsp3) is 0.133. The van der Waals surface area contributed by atoms with Gasteiger partial charge in [0, 0.05) is 11.8 Å². The summed E-state index contributed by atoms with van der Waals surface area (Å²) in [5, 5.41) is 13.7. The van der Waals surface area contributed by atoms with Crippen LogP contribution in [0.25, 0.3) is 0 Å². The van der Waals surface area contributed by atoms with Gasteiger partial charge in [-0.2, -0.15) is 0 Å². The van der Waals surface area contributed by atoms with Crippen LogP contribution >= 0.6 is 0 Å². The maximum Gasteiger partial charge on any atom is 0.293 e. The first-order chi connectivity index (χ1) is 9.90. The SMILES string of the molecule is Cc1cc(NC(=O)c2ccccc2N)c([N+](=O)[O-])cc1C. The van der Waals surface area contributed by atoms with Gasteiger partial charge in [0.05, 0.1) is 10.5 Å². The van der Waals surface area contributed by atoms with E-state index in [2.05, 4.69) is 5.32 Å². The van der Waals surface area contributed by atoms with Crippen LogP contribution in [0.5, 0.6) is 0 Å². The molecule has 0 aliphatic rings. The van der Waals surface area contributed by atoms with Crippen LogP contribution in [0.3, 0.4) is 0 Å². The van der Waals surface area contributed by atoms with Crippen molar-refractivity contribution in [3.8, 4) is 0 Å². The monoisotopic (exact) mass is 285 g/mol. The molecule has 21 heavy (non-hydrogen) atoms. The first kappa shape index (κ1) is 14.5. The number of para-hydroxylation sites is 1. The van der Waals surface area contributed by atoms with E-state index in [1.165, 1.54) is 6.07 Å². The number of rotatable bonds is 3. The van der Waals surface area contributed by atoms with E-state index < -0.39 is 10.8 Å². The highest BCUT2D eigenvalue weighted by Crippen LogP contribution is 2.28. The van der Waals surface area contributed by atoms with Crippen LogP contribution in [0.15, 0.2) is 36.4 Å². The first-order valence-electron chi connectivity index (χ1n) is 6.31. The lowest BCUT2D eigenvalue weighted by atomic mass is 10.1. The third-order valence-electron chi connectivity index (χ3n) is 3.26. The fourth-order valence-corrected chi connectivity index (χ4v) is 1.95. The Kier molecular flexibility index (Phi) is 3.89. The van der Waals surface area contributed by atoms with Crippen molar-refractivity contribution in [2.75, 3.05) is 11.1 Å². The van der Waals surface area contributed by atoms with Gasteiger partial charge in [-0.1, -0.05) is 12.1 Å². The molecule has 0 heterocycles. The van der Waals surface area contributed by atoms with Crippen molar-refractivity contribution in [3.05, 3.63) is 63.2 Å². The summed E-state index contributed by atoms with van der Waals surface area (Å²) in [5.41, 5.74) is 8.01. The number of amides is 1. The van der Waals surface area contributed by atoms with Crippen LogP contribution in [-0.4, -0.2) is 10.8 Å². The molecule has 0 atom stereocenters. The highest BCUT2D eigenvalue weighted by molar-refractivity contribution is 6.08. The quantitative estimate of drug-likeness (QED) is 0.514. The van der Waals surface area contributed by atoms with Crippen LogP contribution in [-0.2, 0) is 0 Å². The van der Waals surface area contributed by atoms with Gasteiger partial charge >= 0.3 is 0 Å². The molecule has 3 N–H and O–H groups in total. The number of anilines is 2. The Labute approximate surface area is 121 Å². The minimum absolute atomic E-state index is 0.138. The Morgan fingerprint density at radius 1 is 1.19 bits per heavy atom. The molecule has 2 rings (SSSR count). The summed E-state index contributed by atoms with van der Waals surface area (Å²) < 4.78 is 0. The zero-order valence-corrected chi connectivity index (χ0v) is 11.7. The third kappa shape index (κ3) is 3.00. The van der Waals surface area contributed by atoms with Crippen molar-refractivity contribution in [1.29, 1.82) is 0 Å². The van der Waals surface area contributed by atoms with E-state index in [0.29, 0.717) is 5.69 Å². The summed E-state index contributed by atoms with van der Waals surface area (Å²) >= 11 is 0. The third-order valence-corrected chi connectivity index (χ3v) is 3.26. The molecule has 1 amide bonds. The molecule has 108 valence electrons. The summed E-state index contributed by atoms with van der Waals surface area (Å²) in [5.74, 6) is -0.473. The molecule has 0 aliphatic carbocycles. The molecule has 0 saturated carbocycles. The molecule has 0 aromatic heterocycles. The molecule has 6 heteroatoms. The zero-order valence-electron chi connectivity index (χ0n) is 11.7. The van der Waals surface area contributed by atoms with E-state index in [1.807, 2.05) is 6.92 Å². The van der Waals surface area contributed by atoms with Crippen molar-refractivity contribution < 1.29 is 9.72 Å². The fourth-order valence-electron chi connectivity index (χ4n) is 1.95. The molecule has 0 bridgehead atoms. The number of nitrogens with one attached hydrogen (secondary N) is 1. The van der Waals surface area contributed by atoms with Crippen LogP contribution in [0, 0.1) is 24.0 Å². The normalized spacial score (nSPS) is 10.2. The zero-order chi connectivity index (χ0) is 15.6. The molecule has 6 nitrogen and oxygen atoms in total. The van der Waals surface area contributed by atoms with Crippen molar-refractivity contribution in [1.82, 2.24) is 0 Å². The maximum absolute atomic E-state index is 12.2. The Morgan fingerprint density at radius 2 is 1.81 bits per heavy atom. The van der Waals surface area contributed by atoms with E-state index in [-0.39, 0.29) is 16.9 Å². The molecule has 0 radical (unpaired) electrons. The minimum atomic E-state index is -0.517. The molecule has 0 spiro atoms. The number of nitro groups is 1. The minimum Gasteiger partial charge on any atom is -0.398 e. The molecule has 2 aromatic rings. The van der Waals surface area contributed by atoms with Crippen molar-refractivity contribution in [2.24, 2.45) is 0 Å². The number of carbonyl (C=O) groups excluding carboxylic acids is 1. The number of hydrogen-bond donors (Lipinski definition) is 2. The largest absolute Gasteiger partial charge is 0.398 e. The molecule has 0 unspecified atom stereocenters. The Hall–Kier alpha value is -2.89. The number of benzene rings is 2. The van der Waals surface area contributed by atoms with Gasteiger partial charge in [0.15, 0.2) is 0 Å². The van der Waals surface area contributed by atoms with Gasteiger partial charge in [0.2, 0.25) is 0 Å². The second-order valence-electron chi connectivity index (χ2n) is 4.75. The van der Waals surface area contributed by atoms with Gasteiger partial charge in [-0.25, -0.2) is 0 Å². The van der Waals surface area contributed by atoms with Crippen LogP contribution in [0.1, 0.15) is 21.5 Å². The number of nitro benzene ring substituents is 1. The van der Waals surface area contributed by atoms with Gasteiger partial charge in [-0.3, -0.25) is 14.9 Å². The average Bonchev–Trinajstić information content (AvgIpc) is 2.42. The molecule has 0 saturated heterocycles. The van der Waals surface area contributed by atoms with E-state index in [1.54, 1.807) is 37.3 Å². The molecule has 0 fully saturated rings. The lowest BCUT2D eigenvalue weighted by molar-refractivity contribution is -0.384. The molecule has 2 aromatic carbocycles. The summed E-state index contributed by atoms with van der Waals surface area (Å²) in [7, 11) is 0. The number of nitrogens with zero attached hydrogens (tertiary/aromatic N) is 1. The maximum atomic E-state index is 12.2. The second kappa shape index (κ2) is 5.62. The van der Waals surface area contributed by atoms with E-state index in [9.17, 15) is 14.9 Å². The van der Waals surface area contributed by atoms with Gasteiger partial charge in [0.25, 0.3) is 11.6 Å². The molecular weight excluding hydrogens is 270 g/mol. The van der Waals surface area contributed by atoms with Crippen LogP contribution in [0.2, 0.25) is 0 Å². The second-order valence-corrected chi connectivity index (χ2v) is 4.75. The highest BCUT2D eigenvalue weighted by atomic mass is 16.6.